The van der Waals surface area contributed by atoms with Gasteiger partial charge in [0.05, 0.1) is 5.69 Å². The number of aromatic nitrogens is 3. The molecular formula is C18H18FN3O. The quantitative estimate of drug-likeness (QED) is 0.743. The number of hydrogen-bond acceptors (Lipinski definition) is 3. The van der Waals surface area contributed by atoms with Crippen molar-refractivity contribution < 1.29 is 9.13 Å². The molecule has 0 N–H and O–H groups in total. The van der Waals surface area contributed by atoms with E-state index in [1.54, 1.807) is 18.3 Å². The molecule has 3 heterocycles. The number of halogens is 1. The molecule has 0 saturated carbocycles. The number of hydrogen-bond donors (Lipinski definition) is 0. The van der Waals surface area contributed by atoms with Crippen molar-refractivity contribution >= 4 is 11.2 Å². The van der Waals surface area contributed by atoms with E-state index in [1.807, 2.05) is 22.8 Å². The fourth-order valence-corrected chi connectivity index (χ4v) is 3.19. The van der Waals surface area contributed by atoms with Crippen molar-refractivity contribution in [3.63, 3.8) is 0 Å². The zero-order chi connectivity index (χ0) is 15.6. The molecule has 0 radical (unpaired) electrons. The highest BCUT2D eigenvalue weighted by atomic mass is 19.1. The van der Waals surface area contributed by atoms with E-state index in [9.17, 15) is 4.39 Å². The van der Waals surface area contributed by atoms with Crippen LogP contribution in [0.5, 0.6) is 0 Å². The van der Waals surface area contributed by atoms with Crippen LogP contribution in [-0.2, 0) is 11.2 Å². The van der Waals surface area contributed by atoms with Gasteiger partial charge < -0.3 is 4.74 Å². The van der Waals surface area contributed by atoms with E-state index in [1.165, 1.54) is 6.07 Å². The molecular weight excluding hydrogens is 293 g/mol. The van der Waals surface area contributed by atoms with Gasteiger partial charge in [-0.2, -0.15) is 0 Å². The number of ether oxygens (including phenoxy) is 1. The second-order valence-electron chi connectivity index (χ2n) is 5.92. The Kier molecular flexibility index (Phi) is 3.79. The van der Waals surface area contributed by atoms with E-state index in [0.717, 1.165) is 43.8 Å². The zero-order valence-electron chi connectivity index (χ0n) is 12.8. The summed E-state index contributed by atoms with van der Waals surface area (Å²) in [4.78, 5) is 9.14. The number of fused-ring (bicyclic) bond motifs is 1. The Morgan fingerprint density at radius 2 is 1.96 bits per heavy atom. The minimum atomic E-state index is -0.259. The normalized spacial score (nSPS) is 16.0. The van der Waals surface area contributed by atoms with Crippen molar-refractivity contribution in [2.75, 3.05) is 13.2 Å². The summed E-state index contributed by atoms with van der Waals surface area (Å²) in [6.07, 6.45) is 4.58. The van der Waals surface area contributed by atoms with Gasteiger partial charge >= 0.3 is 0 Å². The van der Waals surface area contributed by atoms with Crippen LogP contribution >= 0.6 is 0 Å². The van der Waals surface area contributed by atoms with Gasteiger partial charge in [-0.05, 0) is 43.0 Å². The van der Waals surface area contributed by atoms with Crippen LogP contribution in [0.4, 0.5) is 4.39 Å². The summed E-state index contributed by atoms with van der Waals surface area (Å²) in [7, 11) is 0. The lowest BCUT2D eigenvalue weighted by molar-refractivity contribution is 0.0659. The molecule has 0 spiro atoms. The van der Waals surface area contributed by atoms with Crippen LogP contribution in [-0.4, -0.2) is 27.7 Å². The third-order valence-corrected chi connectivity index (χ3v) is 4.39. The summed E-state index contributed by atoms with van der Waals surface area (Å²) in [6.45, 7) is 1.59. The van der Waals surface area contributed by atoms with Crippen LogP contribution in [0.1, 0.15) is 18.7 Å². The molecule has 1 aliphatic rings. The first kappa shape index (κ1) is 14.3. The number of para-hydroxylation sites is 1. The number of rotatable bonds is 3. The zero-order valence-corrected chi connectivity index (χ0v) is 12.8. The summed E-state index contributed by atoms with van der Waals surface area (Å²) < 4.78 is 21.6. The Bertz CT molecular complexity index is 824. The average molecular weight is 311 g/mol. The van der Waals surface area contributed by atoms with Crippen molar-refractivity contribution in [2.24, 2.45) is 5.92 Å². The van der Waals surface area contributed by atoms with E-state index in [-0.39, 0.29) is 5.82 Å². The molecule has 0 amide bonds. The molecule has 4 rings (SSSR count). The number of benzene rings is 1. The van der Waals surface area contributed by atoms with Crippen molar-refractivity contribution in [3.8, 4) is 5.69 Å². The van der Waals surface area contributed by atoms with Gasteiger partial charge in [-0.25, -0.2) is 14.4 Å². The minimum absolute atomic E-state index is 0.259. The van der Waals surface area contributed by atoms with Crippen LogP contribution in [0.3, 0.4) is 0 Å². The smallest absolute Gasteiger partial charge is 0.164 e. The van der Waals surface area contributed by atoms with Gasteiger partial charge in [-0.3, -0.25) is 4.57 Å². The first-order valence-corrected chi connectivity index (χ1v) is 7.98. The highest BCUT2D eigenvalue weighted by molar-refractivity contribution is 5.73. The molecule has 118 valence electrons. The predicted molar refractivity (Wildman–Crippen MR) is 86.1 cm³/mol. The fraction of sp³-hybridized carbons (Fsp3) is 0.333. The Morgan fingerprint density at radius 3 is 2.78 bits per heavy atom. The van der Waals surface area contributed by atoms with Gasteiger partial charge in [0.25, 0.3) is 0 Å². The van der Waals surface area contributed by atoms with Gasteiger partial charge in [0, 0.05) is 25.8 Å². The Labute approximate surface area is 133 Å². The lowest BCUT2D eigenvalue weighted by Crippen LogP contribution is -2.19. The maximum Gasteiger partial charge on any atom is 0.164 e. The van der Waals surface area contributed by atoms with Crippen LogP contribution in [0.15, 0.2) is 42.6 Å². The number of imidazole rings is 1. The molecule has 0 bridgehead atoms. The topological polar surface area (TPSA) is 39.9 Å². The third-order valence-electron chi connectivity index (χ3n) is 4.39. The molecule has 3 aromatic rings. The maximum absolute atomic E-state index is 14.3. The third kappa shape index (κ3) is 2.72. The first-order valence-electron chi connectivity index (χ1n) is 7.98. The maximum atomic E-state index is 14.3. The van der Waals surface area contributed by atoms with Crippen molar-refractivity contribution in [1.29, 1.82) is 0 Å². The van der Waals surface area contributed by atoms with E-state index in [2.05, 4.69) is 4.98 Å². The highest BCUT2D eigenvalue weighted by Gasteiger charge is 2.21. The lowest BCUT2D eigenvalue weighted by atomic mass is 9.96. The van der Waals surface area contributed by atoms with Crippen molar-refractivity contribution in [3.05, 3.63) is 54.2 Å². The predicted octanol–water partition coefficient (Wildman–Crippen LogP) is 3.53. The fourth-order valence-electron chi connectivity index (χ4n) is 3.19. The largest absolute Gasteiger partial charge is 0.381 e. The monoisotopic (exact) mass is 311 g/mol. The van der Waals surface area contributed by atoms with Crippen molar-refractivity contribution in [2.45, 2.75) is 19.3 Å². The molecule has 0 aliphatic carbocycles. The molecule has 5 heteroatoms. The van der Waals surface area contributed by atoms with Gasteiger partial charge in [0.1, 0.15) is 17.2 Å². The summed E-state index contributed by atoms with van der Waals surface area (Å²) in [5, 5.41) is 0. The minimum Gasteiger partial charge on any atom is -0.381 e. The summed E-state index contributed by atoms with van der Waals surface area (Å²) in [5.74, 6) is 1.13. The number of pyridine rings is 1. The van der Waals surface area contributed by atoms with Gasteiger partial charge in [0.2, 0.25) is 0 Å². The summed E-state index contributed by atoms with van der Waals surface area (Å²) in [6, 6.07) is 10.6. The molecule has 1 fully saturated rings. The van der Waals surface area contributed by atoms with Crippen molar-refractivity contribution in [1.82, 2.24) is 14.5 Å². The average Bonchev–Trinajstić information content (AvgIpc) is 2.94. The second kappa shape index (κ2) is 6.08. The molecule has 23 heavy (non-hydrogen) atoms. The highest BCUT2D eigenvalue weighted by Crippen LogP contribution is 2.26. The molecule has 1 aliphatic heterocycles. The molecule has 1 aromatic carbocycles. The number of nitrogens with zero attached hydrogens (tertiary/aromatic N) is 3. The van der Waals surface area contributed by atoms with Crippen LogP contribution in [0, 0.1) is 11.7 Å². The van der Waals surface area contributed by atoms with Gasteiger partial charge in [-0.1, -0.05) is 12.1 Å². The van der Waals surface area contributed by atoms with Crippen LogP contribution < -0.4 is 0 Å². The Hall–Kier alpha value is -2.27. The Morgan fingerprint density at radius 1 is 1.13 bits per heavy atom. The standard InChI is InChI=1S/C18H18FN3O/c19-14-4-1-2-6-16(14)22-17(12-13-7-10-23-11-8-13)21-15-5-3-9-20-18(15)22/h1-6,9,13H,7-8,10-12H2. The van der Waals surface area contributed by atoms with E-state index >= 15 is 0 Å². The molecule has 0 atom stereocenters. The van der Waals surface area contributed by atoms with Gasteiger partial charge in [0.15, 0.2) is 5.65 Å². The van der Waals surface area contributed by atoms with Crippen LogP contribution in [0.25, 0.3) is 16.9 Å². The molecule has 2 aromatic heterocycles. The second-order valence-corrected chi connectivity index (χ2v) is 5.92. The lowest BCUT2D eigenvalue weighted by Gasteiger charge is -2.22. The van der Waals surface area contributed by atoms with Crippen LogP contribution in [0.2, 0.25) is 0 Å². The molecule has 4 nitrogen and oxygen atoms in total. The van der Waals surface area contributed by atoms with E-state index < -0.39 is 0 Å². The van der Waals surface area contributed by atoms with E-state index in [0.29, 0.717) is 17.3 Å². The molecule has 1 saturated heterocycles. The Balaban J connectivity index is 1.83. The SMILES string of the molecule is Fc1ccccc1-n1c(CC2CCOCC2)nc2cccnc21. The summed E-state index contributed by atoms with van der Waals surface area (Å²) >= 11 is 0. The first-order chi connectivity index (χ1) is 11.3. The summed E-state index contributed by atoms with van der Waals surface area (Å²) in [5.41, 5.74) is 2.02. The van der Waals surface area contributed by atoms with E-state index in [4.69, 9.17) is 9.72 Å². The van der Waals surface area contributed by atoms with Gasteiger partial charge in [-0.15, -0.1) is 0 Å². The molecule has 0 unspecified atom stereocenters.